The molecule has 10 aromatic carbocycles. The van der Waals surface area contributed by atoms with E-state index in [0.717, 1.165) is 0 Å². The van der Waals surface area contributed by atoms with Crippen molar-refractivity contribution in [1.29, 1.82) is 0 Å². The van der Waals surface area contributed by atoms with Crippen molar-refractivity contribution in [3.05, 3.63) is 248 Å². The molecular formula is C67H61B2ClN4Si2. The first kappa shape index (κ1) is 49.1. The lowest BCUT2D eigenvalue weighted by Gasteiger charge is -2.45. The molecule has 4 nitrogen and oxygen atoms in total. The van der Waals surface area contributed by atoms with E-state index in [1.807, 2.05) is 0 Å². The zero-order valence-corrected chi connectivity index (χ0v) is 47.2. The number of nitrogens with zero attached hydrogens (tertiary/aromatic N) is 4. The Balaban J connectivity index is 0.000000141. The topological polar surface area (TPSA) is 13.0 Å². The summed E-state index contributed by atoms with van der Waals surface area (Å²) in [4.78, 5) is 9.86. The van der Waals surface area contributed by atoms with E-state index in [0.29, 0.717) is 0 Å². The molecule has 0 bridgehead atoms. The van der Waals surface area contributed by atoms with Crippen molar-refractivity contribution in [2.75, 3.05) is 19.6 Å². The first-order valence-electron chi connectivity index (χ1n) is 26.6. The molecule has 0 unspecified atom stereocenters. The van der Waals surface area contributed by atoms with Crippen LogP contribution in [0, 0.1) is 6.92 Å². The van der Waals surface area contributed by atoms with Gasteiger partial charge < -0.3 is 19.6 Å². The van der Waals surface area contributed by atoms with Gasteiger partial charge in [-0.05, 0) is 142 Å². The van der Waals surface area contributed by atoms with Gasteiger partial charge in [-0.2, -0.15) is 11.1 Å². The molecule has 0 N–H and O–H groups in total. The molecule has 4 aliphatic heterocycles. The third kappa shape index (κ3) is 8.88. The van der Waals surface area contributed by atoms with E-state index in [1.54, 1.807) is 0 Å². The summed E-state index contributed by atoms with van der Waals surface area (Å²) in [6, 6.07) is 88.6. The summed E-state index contributed by atoms with van der Waals surface area (Å²) in [5, 5.41) is 1.47. The predicted molar refractivity (Wildman–Crippen MR) is 338 cm³/mol. The van der Waals surface area contributed by atoms with Crippen molar-refractivity contribution in [2.24, 2.45) is 0 Å². The Morgan fingerprint density at radius 2 is 0.526 bits per heavy atom. The quantitative estimate of drug-likeness (QED) is 0.126. The highest BCUT2D eigenvalue weighted by molar-refractivity contribution is 7.18. The summed E-state index contributed by atoms with van der Waals surface area (Å²) >= 11 is 5.67. The smallest absolute Gasteiger partial charge is 0.252 e. The molecule has 4 aliphatic rings. The third-order valence-electron chi connectivity index (χ3n) is 14.8. The normalized spacial score (nSPS) is 13.4. The molecule has 14 rings (SSSR count). The fourth-order valence-electron chi connectivity index (χ4n) is 11.8. The summed E-state index contributed by atoms with van der Waals surface area (Å²) in [5.41, 5.74) is 24.4. The Morgan fingerprint density at radius 3 is 0.776 bits per heavy atom. The van der Waals surface area contributed by atoms with Crippen LogP contribution in [0.1, 0.15) is 5.56 Å². The molecule has 0 radical (unpaired) electrons. The Labute approximate surface area is 457 Å². The zero-order chi connectivity index (χ0) is 52.3. The number of anilines is 12. The SMILES string of the molecule is C[Si](C)(C)Cl.C[Si](C)(C)c1cc2c3c(c1)N(c1ccccc1)c1ccccc1B3c1ccccc1N2c1ccccc1.Cc1cc2c3c(c1)N(c1ccccc1)c1ccccc1B3c1ccccc1N2c1ccccc1. The second-order valence-electron chi connectivity index (χ2n) is 22.2. The van der Waals surface area contributed by atoms with Crippen molar-refractivity contribution in [1.82, 2.24) is 0 Å². The van der Waals surface area contributed by atoms with Crippen LogP contribution >= 0.6 is 11.1 Å². The average molecular weight is 1040 g/mol. The first-order chi connectivity index (χ1) is 36.8. The second-order valence-corrected chi connectivity index (χ2v) is 34.9. The van der Waals surface area contributed by atoms with E-state index in [-0.39, 0.29) is 13.4 Å². The number of para-hydroxylation sites is 8. The molecule has 76 heavy (non-hydrogen) atoms. The molecule has 370 valence electrons. The number of fused-ring (bicyclic) bond motifs is 8. The van der Waals surface area contributed by atoms with Crippen LogP contribution in [-0.2, 0) is 0 Å². The fraction of sp³-hybridized carbons (Fsp3) is 0.104. The molecule has 0 saturated carbocycles. The van der Waals surface area contributed by atoms with E-state index >= 15 is 0 Å². The standard InChI is InChI=1S/C33H29BN2Si.C31H23BN2.C3H9ClSi/c1-37(2,3)26-22-31-33-32(23-26)36(25-16-8-5-9-17-25)30-21-13-11-19-28(30)34(33)27-18-10-12-20-29(27)35(31)24-14-6-4-7-15-24;1-22-20-29-31-30(21-22)34(24-14-6-3-7-15-24)28-19-11-9-17-26(28)32(31)25-16-8-10-18-27(25)33(29)23-12-4-2-5-13-23;1-5(2,3)4/h4-23H,1-3H3;2-21H,1H3;1-3H3. The van der Waals surface area contributed by atoms with E-state index in [4.69, 9.17) is 11.1 Å². The molecule has 0 aliphatic carbocycles. The predicted octanol–water partition coefficient (Wildman–Crippen LogP) is 14.5. The number of benzene rings is 10. The summed E-state index contributed by atoms with van der Waals surface area (Å²) in [5.74, 6) is 0. The first-order valence-corrected chi connectivity index (χ1v) is 34.6. The van der Waals surface area contributed by atoms with Crippen LogP contribution in [0.5, 0.6) is 0 Å². The highest BCUT2D eigenvalue weighted by Crippen LogP contribution is 2.46. The average Bonchev–Trinajstić information content (AvgIpc) is 3.48. The molecule has 0 spiro atoms. The summed E-state index contributed by atoms with van der Waals surface area (Å²) in [6.07, 6.45) is 0. The van der Waals surface area contributed by atoms with Gasteiger partial charge in [0.05, 0.1) is 8.07 Å². The molecule has 0 amide bonds. The molecule has 4 heterocycles. The van der Waals surface area contributed by atoms with E-state index < -0.39 is 15.5 Å². The molecule has 0 aromatic heterocycles. The van der Waals surface area contributed by atoms with E-state index in [2.05, 4.69) is 308 Å². The number of halogens is 1. The minimum Gasteiger partial charge on any atom is -0.311 e. The van der Waals surface area contributed by atoms with Crippen molar-refractivity contribution in [2.45, 2.75) is 46.2 Å². The Kier molecular flexibility index (Phi) is 12.8. The van der Waals surface area contributed by atoms with Gasteiger partial charge in [0.1, 0.15) is 7.38 Å². The lowest BCUT2D eigenvalue weighted by Crippen LogP contribution is -2.62. The van der Waals surface area contributed by atoms with E-state index in [1.165, 1.54) is 112 Å². The molecule has 10 aromatic rings. The molecular weight excluding hydrogens is 974 g/mol. The summed E-state index contributed by atoms with van der Waals surface area (Å²) < 4.78 is 0. The molecule has 9 heteroatoms. The summed E-state index contributed by atoms with van der Waals surface area (Å²) in [7, 11) is -2.77. The minimum absolute atomic E-state index is 0.188. The van der Waals surface area contributed by atoms with Crippen molar-refractivity contribution in [3.8, 4) is 0 Å². The van der Waals surface area contributed by atoms with Crippen LogP contribution in [-0.4, -0.2) is 28.9 Å². The number of rotatable bonds is 5. The van der Waals surface area contributed by atoms with Crippen LogP contribution < -0.4 is 57.6 Å². The van der Waals surface area contributed by atoms with Gasteiger partial charge in [0.25, 0.3) is 13.4 Å². The zero-order valence-electron chi connectivity index (χ0n) is 44.4. The maximum atomic E-state index is 5.67. The van der Waals surface area contributed by atoms with Gasteiger partial charge in [-0.15, -0.1) is 0 Å². The largest absolute Gasteiger partial charge is 0.311 e. The van der Waals surface area contributed by atoms with Crippen LogP contribution in [0.4, 0.5) is 68.2 Å². The molecule has 0 fully saturated rings. The Bertz CT molecular complexity index is 3520. The van der Waals surface area contributed by atoms with Crippen LogP contribution in [0.3, 0.4) is 0 Å². The highest BCUT2D eigenvalue weighted by Gasteiger charge is 2.45. The van der Waals surface area contributed by atoms with Gasteiger partial charge in [-0.3, -0.25) is 0 Å². The van der Waals surface area contributed by atoms with Gasteiger partial charge >= 0.3 is 0 Å². The Morgan fingerprint density at radius 1 is 0.303 bits per heavy atom. The molecule has 0 atom stereocenters. The van der Waals surface area contributed by atoms with Crippen molar-refractivity contribution >= 4 is 146 Å². The van der Waals surface area contributed by atoms with Crippen molar-refractivity contribution in [3.63, 3.8) is 0 Å². The lowest BCUT2D eigenvalue weighted by atomic mass is 9.33. The van der Waals surface area contributed by atoms with E-state index in [9.17, 15) is 0 Å². The highest BCUT2D eigenvalue weighted by atomic mass is 35.6. The third-order valence-corrected chi connectivity index (χ3v) is 16.9. The Hall–Kier alpha value is -7.75. The fourth-order valence-corrected chi connectivity index (χ4v) is 12.9. The number of hydrogen-bond donors (Lipinski definition) is 0. The van der Waals surface area contributed by atoms with Gasteiger partial charge in [0.15, 0.2) is 0 Å². The maximum Gasteiger partial charge on any atom is 0.252 e. The van der Waals surface area contributed by atoms with Gasteiger partial charge in [0.2, 0.25) is 0 Å². The monoisotopic (exact) mass is 1030 g/mol. The minimum atomic E-state index is -1.64. The summed E-state index contributed by atoms with van der Waals surface area (Å²) in [6.45, 7) is 16.2. The van der Waals surface area contributed by atoms with Crippen molar-refractivity contribution < 1.29 is 0 Å². The maximum absolute atomic E-state index is 5.67. The number of hydrogen-bond acceptors (Lipinski definition) is 4. The number of aryl methyl sites for hydroxylation is 1. The van der Waals surface area contributed by atoms with Crippen LogP contribution in [0.2, 0.25) is 39.3 Å². The van der Waals surface area contributed by atoms with Gasteiger partial charge in [-0.25, -0.2) is 0 Å². The van der Waals surface area contributed by atoms with Gasteiger partial charge in [-0.1, -0.05) is 190 Å². The van der Waals surface area contributed by atoms with Crippen LogP contribution in [0.25, 0.3) is 0 Å². The van der Waals surface area contributed by atoms with Gasteiger partial charge in [0, 0.05) is 68.2 Å². The molecule has 0 saturated heterocycles. The second kappa shape index (κ2) is 19.8. The van der Waals surface area contributed by atoms with Crippen LogP contribution in [0.15, 0.2) is 243 Å². The lowest BCUT2D eigenvalue weighted by molar-refractivity contribution is 1.24.